The number of anilines is 1. The molecular weight excluding hydrogens is 410 g/mol. The molecule has 0 saturated heterocycles. The molecule has 1 atom stereocenters. The quantitative estimate of drug-likeness (QED) is 0.518. The lowest BCUT2D eigenvalue weighted by molar-refractivity contribution is -0.125. The van der Waals surface area contributed by atoms with E-state index in [1.807, 2.05) is 18.2 Å². The molecule has 5 rings (SSSR count). The van der Waals surface area contributed by atoms with E-state index < -0.39 is 6.10 Å². The lowest BCUT2D eigenvalue weighted by Gasteiger charge is -2.25. The second kappa shape index (κ2) is 8.38. The summed E-state index contributed by atoms with van der Waals surface area (Å²) in [4.78, 5) is 21.2. The zero-order valence-corrected chi connectivity index (χ0v) is 17.1. The number of para-hydroxylation sites is 2. The molecule has 0 spiro atoms. The van der Waals surface area contributed by atoms with E-state index in [1.54, 1.807) is 66.5 Å². The maximum absolute atomic E-state index is 12.6. The first-order valence-corrected chi connectivity index (χ1v) is 9.97. The van der Waals surface area contributed by atoms with E-state index >= 15 is 0 Å². The fourth-order valence-electron chi connectivity index (χ4n) is 3.20. The van der Waals surface area contributed by atoms with Crippen molar-refractivity contribution in [1.82, 2.24) is 19.7 Å². The second-order valence-electron chi connectivity index (χ2n) is 7.04. The van der Waals surface area contributed by atoms with E-state index in [4.69, 9.17) is 14.2 Å². The Bertz CT molecular complexity index is 1240. The van der Waals surface area contributed by atoms with Crippen molar-refractivity contribution >= 4 is 11.6 Å². The predicted molar refractivity (Wildman–Crippen MR) is 115 cm³/mol. The van der Waals surface area contributed by atoms with Gasteiger partial charge in [0.1, 0.15) is 18.2 Å². The van der Waals surface area contributed by atoms with Gasteiger partial charge >= 0.3 is 0 Å². The number of aryl methyl sites for hydroxylation is 1. The molecule has 2 aromatic carbocycles. The summed E-state index contributed by atoms with van der Waals surface area (Å²) in [6.07, 6.45) is 2.74. The summed E-state index contributed by atoms with van der Waals surface area (Å²) in [7, 11) is 0. The molecule has 0 bridgehead atoms. The van der Waals surface area contributed by atoms with Crippen LogP contribution in [-0.2, 0) is 4.79 Å². The molecule has 0 aliphatic carbocycles. The molecule has 160 valence electrons. The Labute approximate surface area is 183 Å². The smallest absolute Gasteiger partial charge is 0.269 e. The Hall–Kier alpha value is -4.40. The zero-order valence-electron chi connectivity index (χ0n) is 17.1. The number of nitrogens with one attached hydrogen (secondary N) is 1. The average Bonchev–Trinajstić information content (AvgIpc) is 3.35. The van der Waals surface area contributed by atoms with E-state index in [1.165, 1.54) is 0 Å². The van der Waals surface area contributed by atoms with Crippen LogP contribution in [0.25, 0.3) is 5.82 Å². The predicted octanol–water partition coefficient (Wildman–Crippen LogP) is 3.54. The van der Waals surface area contributed by atoms with Crippen molar-refractivity contribution < 1.29 is 19.0 Å². The highest BCUT2D eigenvalue weighted by Crippen LogP contribution is 2.31. The first-order chi connectivity index (χ1) is 15.6. The third-order valence-electron chi connectivity index (χ3n) is 4.69. The number of carbonyl (C=O) groups excluding carboxylic acids is 1. The minimum absolute atomic E-state index is 0.149. The number of aromatic nitrogens is 4. The van der Waals surface area contributed by atoms with E-state index in [0.717, 1.165) is 0 Å². The Morgan fingerprint density at radius 3 is 2.69 bits per heavy atom. The van der Waals surface area contributed by atoms with Gasteiger partial charge in [0.25, 0.3) is 5.91 Å². The lowest BCUT2D eigenvalue weighted by Crippen LogP contribution is -2.40. The molecule has 0 saturated carbocycles. The second-order valence-corrected chi connectivity index (χ2v) is 7.04. The van der Waals surface area contributed by atoms with Gasteiger partial charge in [-0.1, -0.05) is 12.1 Å². The third-order valence-corrected chi connectivity index (χ3v) is 4.69. The van der Waals surface area contributed by atoms with Crippen molar-refractivity contribution in [3.8, 4) is 28.9 Å². The molecule has 1 aliphatic rings. The maximum Gasteiger partial charge on any atom is 0.269 e. The SMILES string of the molecule is Cc1nc(Oc2ccc(NC(=O)C3COc4ccccc4O3)cc2)cc(-n2cccn2)n1. The molecule has 1 N–H and O–H groups in total. The highest BCUT2D eigenvalue weighted by atomic mass is 16.6. The number of amides is 1. The van der Waals surface area contributed by atoms with Gasteiger partial charge in [0.2, 0.25) is 12.0 Å². The van der Waals surface area contributed by atoms with Crippen molar-refractivity contribution in [2.24, 2.45) is 0 Å². The minimum Gasteiger partial charge on any atom is -0.485 e. The number of ether oxygens (including phenoxy) is 3. The Morgan fingerprint density at radius 2 is 1.91 bits per heavy atom. The van der Waals surface area contributed by atoms with Crippen LogP contribution in [0.15, 0.2) is 73.1 Å². The normalized spacial score (nSPS) is 14.6. The molecular formula is C23H19N5O4. The number of rotatable bonds is 5. The molecule has 0 fully saturated rings. The van der Waals surface area contributed by atoms with Crippen LogP contribution in [0.5, 0.6) is 23.1 Å². The summed E-state index contributed by atoms with van der Waals surface area (Å²) in [6.45, 7) is 1.93. The number of nitrogens with zero attached hydrogens (tertiary/aromatic N) is 4. The average molecular weight is 429 g/mol. The third kappa shape index (κ3) is 4.22. The van der Waals surface area contributed by atoms with Crippen molar-refractivity contribution in [3.05, 3.63) is 78.9 Å². The minimum atomic E-state index is -0.731. The Morgan fingerprint density at radius 1 is 1.09 bits per heavy atom. The maximum atomic E-state index is 12.6. The summed E-state index contributed by atoms with van der Waals surface area (Å²) in [5, 5.41) is 7.01. The van der Waals surface area contributed by atoms with Crippen molar-refractivity contribution in [3.63, 3.8) is 0 Å². The highest BCUT2D eigenvalue weighted by molar-refractivity contribution is 5.94. The zero-order chi connectivity index (χ0) is 21.9. The largest absolute Gasteiger partial charge is 0.485 e. The highest BCUT2D eigenvalue weighted by Gasteiger charge is 2.27. The lowest BCUT2D eigenvalue weighted by atomic mass is 10.2. The molecule has 9 nitrogen and oxygen atoms in total. The number of fused-ring (bicyclic) bond motifs is 1. The topological polar surface area (TPSA) is 100 Å². The van der Waals surface area contributed by atoms with Crippen LogP contribution >= 0.6 is 0 Å². The van der Waals surface area contributed by atoms with E-state index in [-0.39, 0.29) is 12.5 Å². The molecule has 1 aliphatic heterocycles. The van der Waals surface area contributed by atoms with Crippen LogP contribution in [0.1, 0.15) is 5.82 Å². The monoisotopic (exact) mass is 429 g/mol. The van der Waals surface area contributed by atoms with E-state index in [2.05, 4.69) is 20.4 Å². The summed E-state index contributed by atoms with van der Waals surface area (Å²) in [5.74, 6) is 3.03. The van der Waals surface area contributed by atoms with Crippen LogP contribution < -0.4 is 19.5 Å². The summed E-state index contributed by atoms with van der Waals surface area (Å²) < 4.78 is 18.8. The molecule has 3 heterocycles. The van der Waals surface area contributed by atoms with Crippen molar-refractivity contribution in [2.75, 3.05) is 11.9 Å². The van der Waals surface area contributed by atoms with Gasteiger partial charge in [0.15, 0.2) is 17.3 Å². The van der Waals surface area contributed by atoms with Gasteiger partial charge in [-0.05, 0) is 49.4 Å². The number of carbonyl (C=O) groups is 1. The standard InChI is InChI=1S/C23H19N5O4/c1-15-25-21(28-12-4-11-24-28)13-22(26-15)31-17-9-7-16(8-10-17)27-23(29)20-14-30-18-5-2-3-6-19(18)32-20/h2-13,20H,14H2,1H3,(H,27,29). The summed E-state index contributed by atoms with van der Waals surface area (Å²) in [6, 6.07) is 17.8. The van der Waals surface area contributed by atoms with Gasteiger partial charge < -0.3 is 19.5 Å². The molecule has 4 aromatic rings. The van der Waals surface area contributed by atoms with Crippen LogP contribution in [0, 0.1) is 6.92 Å². The van der Waals surface area contributed by atoms with Gasteiger partial charge in [0.05, 0.1) is 0 Å². The molecule has 32 heavy (non-hydrogen) atoms. The summed E-state index contributed by atoms with van der Waals surface area (Å²) >= 11 is 0. The van der Waals surface area contributed by atoms with Crippen LogP contribution in [-0.4, -0.2) is 38.4 Å². The van der Waals surface area contributed by atoms with E-state index in [9.17, 15) is 4.79 Å². The van der Waals surface area contributed by atoms with Gasteiger partial charge in [-0.25, -0.2) is 9.67 Å². The summed E-state index contributed by atoms with van der Waals surface area (Å²) in [5.41, 5.74) is 0.612. The van der Waals surface area contributed by atoms with Crippen LogP contribution in [0.4, 0.5) is 5.69 Å². The fraction of sp³-hybridized carbons (Fsp3) is 0.130. The Kier molecular flexibility index (Phi) is 5.12. The van der Waals surface area contributed by atoms with Gasteiger partial charge in [-0.15, -0.1) is 0 Å². The number of benzene rings is 2. The fourth-order valence-corrected chi connectivity index (χ4v) is 3.20. The van der Waals surface area contributed by atoms with Gasteiger partial charge in [-0.3, -0.25) is 4.79 Å². The molecule has 1 unspecified atom stereocenters. The van der Waals surface area contributed by atoms with Crippen molar-refractivity contribution in [2.45, 2.75) is 13.0 Å². The molecule has 9 heteroatoms. The number of hydrogen-bond donors (Lipinski definition) is 1. The van der Waals surface area contributed by atoms with E-state index in [0.29, 0.717) is 40.5 Å². The van der Waals surface area contributed by atoms with Gasteiger partial charge in [-0.2, -0.15) is 10.1 Å². The Balaban J connectivity index is 1.24. The molecule has 2 aromatic heterocycles. The van der Waals surface area contributed by atoms with Crippen LogP contribution in [0.2, 0.25) is 0 Å². The van der Waals surface area contributed by atoms with Crippen molar-refractivity contribution in [1.29, 1.82) is 0 Å². The molecule has 0 radical (unpaired) electrons. The number of hydrogen-bond acceptors (Lipinski definition) is 7. The molecule has 1 amide bonds. The van der Waals surface area contributed by atoms with Crippen LogP contribution in [0.3, 0.4) is 0 Å². The first-order valence-electron chi connectivity index (χ1n) is 9.97. The first kappa shape index (κ1) is 19.6. The van der Waals surface area contributed by atoms with Gasteiger partial charge in [0, 0.05) is 24.1 Å².